The minimum atomic E-state index is -0.312. The van der Waals surface area contributed by atoms with Gasteiger partial charge in [0.05, 0.1) is 0 Å². The van der Waals surface area contributed by atoms with Crippen LogP contribution in [0.4, 0.5) is 0 Å². The van der Waals surface area contributed by atoms with Gasteiger partial charge in [-0.15, -0.1) is 0 Å². The fraction of sp³-hybridized carbons (Fsp3) is 0.462. The second-order valence-corrected chi connectivity index (χ2v) is 5.11. The molecule has 1 fully saturated rings. The van der Waals surface area contributed by atoms with Gasteiger partial charge < -0.3 is 0 Å². The minimum Gasteiger partial charge on any atom is -0.246 e. The first kappa shape index (κ1) is 11.1. The maximum Gasteiger partial charge on any atom is 0.187 e. The molecule has 90 valence electrons. The molecule has 3 rings (SSSR count). The van der Waals surface area contributed by atoms with Crippen molar-refractivity contribution in [2.75, 3.05) is 0 Å². The molecule has 0 atom stereocenters. The third kappa shape index (κ3) is 2.17. The van der Waals surface area contributed by atoms with Crippen molar-refractivity contribution in [3.8, 4) is 0 Å². The molecule has 17 heavy (non-hydrogen) atoms. The molecule has 1 heterocycles. The zero-order chi connectivity index (χ0) is 11.7. The fourth-order valence-corrected chi connectivity index (χ4v) is 2.57. The van der Waals surface area contributed by atoms with Crippen LogP contribution in [0.25, 0.3) is 0 Å². The number of nitrogens with zero attached hydrogens (tertiary/aromatic N) is 1. The standard InChI is InChI=1S/C13H15ClN2O/c14-11-6-4-10(5-7-11)12-15-13(17-16-12)8-2-1-3-9-13/h4-7H,1-3,8-9H2,(H,15,16). The Kier molecular flexibility index (Phi) is 2.81. The number of halogens is 1. The van der Waals surface area contributed by atoms with E-state index in [2.05, 4.69) is 5.48 Å². The van der Waals surface area contributed by atoms with Gasteiger partial charge in [-0.25, -0.2) is 15.3 Å². The van der Waals surface area contributed by atoms with Crippen LogP contribution in [0.5, 0.6) is 0 Å². The summed E-state index contributed by atoms with van der Waals surface area (Å²) in [5, 5.41) is 0.737. The van der Waals surface area contributed by atoms with E-state index < -0.39 is 0 Å². The summed E-state index contributed by atoms with van der Waals surface area (Å²) in [6.45, 7) is 0. The number of rotatable bonds is 1. The van der Waals surface area contributed by atoms with Crippen molar-refractivity contribution in [3.63, 3.8) is 0 Å². The molecule has 1 spiro atoms. The van der Waals surface area contributed by atoms with Crippen LogP contribution in [0.1, 0.15) is 37.7 Å². The van der Waals surface area contributed by atoms with Gasteiger partial charge in [-0.05, 0) is 49.9 Å². The Bertz CT molecular complexity index is 435. The van der Waals surface area contributed by atoms with E-state index in [0.29, 0.717) is 0 Å². The number of aliphatic imine (C=N–C) groups is 1. The smallest absolute Gasteiger partial charge is 0.187 e. The van der Waals surface area contributed by atoms with Gasteiger partial charge in [0.15, 0.2) is 11.6 Å². The van der Waals surface area contributed by atoms with Gasteiger partial charge in [0, 0.05) is 10.6 Å². The summed E-state index contributed by atoms with van der Waals surface area (Å²) in [7, 11) is 0. The van der Waals surface area contributed by atoms with Crippen LogP contribution in [0.2, 0.25) is 5.02 Å². The highest BCUT2D eigenvalue weighted by Crippen LogP contribution is 2.35. The van der Waals surface area contributed by atoms with Crippen molar-refractivity contribution in [2.45, 2.75) is 37.8 Å². The molecule has 0 radical (unpaired) electrons. The summed E-state index contributed by atoms with van der Waals surface area (Å²) in [6, 6.07) is 7.65. The van der Waals surface area contributed by atoms with E-state index in [4.69, 9.17) is 21.4 Å². The van der Waals surface area contributed by atoms with Crippen molar-refractivity contribution in [1.29, 1.82) is 0 Å². The topological polar surface area (TPSA) is 33.6 Å². The van der Waals surface area contributed by atoms with Crippen LogP contribution in [0.15, 0.2) is 29.3 Å². The molecule has 1 aromatic rings. The summed E-state index contributed by atoms with van der Waals surface area (Å²) >= 11 is 5.87. The van der Waals surface area contributed by atoms with Crippen molar-refractivity contribution in [2.24, 2.45) is 4.99 Å². The van der Waals surface area contributed by atoms with Crippen LogP contribution in [0.3, 0.4) is 0 Å². The SMILES string of the molecule is Clc1ccc(C2=NC3(CCCCC3)ON2)cc1. The number of hydroxylamine groups is 1. The molecular formula is C13H15ClN2O. The number of benzene rings is 1. The van der Waals surface area contributed by atoms with Crippen molar-refractivity contribution in [1.82, 2.24) is 5.48 Å². The number of hydrogen-bond donors (Lipinski definition) is 1. The van der Waals surface area contributed by atoms with Gasteiger partial charge in [-0.2, -0.15) is 0 Å². The van der Waals surface area contributed by atoms with Gasteiger partial charge in [-0.3, -0.25) is 0 Å². The second kappa shape index (κ2) is 4.31. The molecule has 0 bridgehead atoms. The molecule has 0 unspecified atom stereocenters. The van der Waals surface area contributed by atoms with Gasteiger partial charge in [0.25, 0.3) is 0 Å². The predicted octanol–water partition coefficient (Wildman–Crippen LogP) is 3.28. The lowest BCUT2D eigenvalue weighted by Gasteiger charge is -2.27. The quantitative estimate of drug-likeness (QED) is 0.830. The highest BCUT2D eigenvalue weighted by atomic mass is 35.5. The molecular weight excluding hydrogens is 236 g/mol. The molecule has 1 aliphatic carbocycles. The summed E-state index contributed by atoms with van der Waals surface area (Å²) in [5.74, 6) is 0.823. The Morgan fingerprint density at radius 2 is 1.82 bits per heavy atom. The third-order valence-corrected chi connectivity index (χ3v) is 3.66. The molecule has 4 heteroatoms. The normalized spacial score (nSPS) is 22.3. The van der Waals surface area contributed by atoms with Gasteiger partial charge in [-0.1, -0.05) is 18.0 Å². The molecule has 0 amide bonds. The van der Waals surface area contributed by atoms with E-state index >= 15 is 0 Å². The maximum absolute atomic E-state index is 5.87. The Hall–Kier alpha value is -1.06. The summed E-state index contributed by atoms with van der Waals surface area (Å²) in [4.78, 5) is 10.4. The van der Waals surface area contributed by atoms with Gasteiger partial charge in [0.1, 0.15) is 0 Å². The number of hydrogen-bond acceptors (Lipinski definition) is 3. The highest BCUT2D eigenvalue weighted by molar-refractivity contribution is 6.30. The third-order valence-electron chi connectivity index (χ3n) is 3.41. The summed E-state index contributed by atoms with van der Waals surface area (Å²) in [5.41, 5.74) is 3.67. The summed E-state index contributed by atoms with van der Waals surface area (Å²) in [6.07, 6.45) is 5.70. The zero-order valence-corrected chi connectivity index (χ0v) is 10.3. The molecule has 1 N–H and O–H groups in total. The van der Waals surface area contributed by atoms with Crippen molar-refractivity contribution < 1.29 is 4.84 Å². The summed E-state index contributed by atoms with van der Waals surface area (Å²) < 4.78 is 0. The van der Waals surface area contributed by atoms with Crippen LogP contribution in [0, 0.1) is 0 Å². The molecule has 0 saturated heterocycles. The Morgan fingerprint density at radius 1 is 1.12 bits per heavy atom. The molecule has 0 aromatic heterocycles. The monoisotopic (exact) mass is 250 g/mol. The van der Waals surface area contributed by atoms with E-state index in [1.54, 1.807) is 0 Å². The van der Waals surface area contributed by atoms with Crippen LogP contribution in [-0.4, -0.2) is 11.6 Å². The van der Waals surface area contributed by atoms with E-state index in [1.807, 2.05) is 24.3 Å². The number of amidine groups is 1. The lowest BCUT2D eigenvalue weighted by molar-refractivity contribution is -0.0763. The van der Waals surface area contributed by atoms with Crippen LogP contribution in [-0.2, 0) is 4.84 Å². The Labute approximate surface area is 106 Å². The molecule has 3 nitrogen and oxygen atoms in total. The molecule has 1 aromatic carbocycles. The predicted molar refractivity (Wildman–Crippen MR) is 68.0 cm³/mol. The van der Waals surface area contributed by atoms with Crippen LogP contribution >= 0.6 is 11.6 Å². The van der Waals surface area contributed by atoms with E-state index in [-0.39, 0.29) is 5.72 Å². The Balaban J connectivity index is 1.85. The first-order valence-corrected chi connectivity index (χ1v) is 6.45. The second-order valence-electron chi connectivity index (χ2n) is 4.68. The molecule has 1 aliphatic heterocycles. The lowest BCUT2D eigenvalue weighted by Crippen LogP contribution is -2.32. The molecule has 1 saturated carbocycles. The van der Waals surface area contributed by atoms with Crippen molar-refractivity contribution >= 4 is 17.4 Å². The zero-order valence-electron chi connectivity index (χ0n) is 9.58. The molecule has 2 aliphatic rings. The minimum absolute atomic E-state index is 0.312. The largest absolute Gasteiger partial charge is 0.246 e. The fourth-order valence-electron chi connectivity index (χ4n) is 2.44. The van der Waals surface area contributed by atoms with E-state index in [0.717, 1.165) is 29.3 Å². The number of nitrogens with one attached hydrogen (secondary N) is 1. The van der Waals surface area contributed by atoms with E-state index in [1.165, 1.54) is 19.3 Å². The Morgan fingerprint density at radius 3 is 2.53 bits per heavy atom. The van der Waals surface area contributed by atoms with Crippen LogP contribution < -0.4 is 5.48 Å². The average molecular weight is 251 g/mol. The van der Waals surface area contributed by atoms with Crippen molar-refractivity contribution in [3.05, 3.63) is 34.9 Å². The highest BCUT2D eigenvalue weighted by Gasteiger charge is 2.38. The first-order valence-electron chi connectivity index (χ1n) is 6.07. The van der Waals surface area contributed by atoms with E-state index in [9.17, 15) is 0 Å². The van der Waals surface area contributed by atoms with Gasteiger partial charge >= 0.3 is 0 Å². The lowest BCUT2D eigenvalue weighted by atomic mass is 9.92. The van der Waals surface area contributed by atoms with Gasteiger partial charge in [0.2, 0.25) is 0 Å². The first-order chi connectivity index (χ1) is 8.27. The maximum atomic E-state index is 5.87. The average Bonchev–Trinajstić information content (AvgIpc) is 2.75.